The molecule has 0 bridgehead atoms. The zero-order valence-corrected chi connectivity index (χ0v) is 11.1. The summed E-state index contributed by atoms with van der Waals surface area (Å²) in [5.41, 5.74) is 8.19. The van der Waals surface area contributed by atoms with E-state index in [0.717, 1.165) is 17.1 Å². The number of benzene rings is 1. The predicted molar refractivity (Wildman–Crippen MR) is 73.4 cm³/mol. The van der Waals surface area contributed by atoms with E-state index in [4.69, 9.17) is 21.8 Å². The highest BCUT2D eigenvalue weighted by Crippen LogP contribution is 2.22. The molecule has 3 nitrogen and oxygen atoms in total. The fourth-order valence-electron chi connectivity index (χ4n) is 2.04. The van der Waals surface area contributed by atoms with E-state index >= 15 is 0 Å². The van der Waals surface area contributed by atoms with Crippen molar-refractivity contribution in [1.29, 1.82) is 0 Å². The topological polar surface area (TPSA) is 42.4 Å². The molecule has 0 saturated heterocycles. The molecule has 0 aliphatic carbocycles. The molecule has 1 unspecified atom stereocenters. The number of furan rings is 1. The molecule has 2 aromatic rings. The van der Waals surface area contributed by atoms with Crippen molar-refractivity contribution in [3.8, 4) is 0 Å². The second-order valence-corrected chi connectivity index (χ2v) is 4.79. The minimum Gasteiger partial charge on any atom is -0.472 e. The number of nitrogens with zero attached hydrogens (tertiary/aromatic N) is 1. The first-order valence-electron chi connectivity index (χ1n) is 5.87. The zero-order chi connectivity index (χ0) is 13.0. The average molecular weight is 265 g/mol. The molecule has 4 heteroatoms. The molecule has 2 N–H and O–H groups in total. The van der Waals surface area contributed by atoms with Crippen molar-refractivity contribution >= 4 is 11.6 Å². The van der Waals surface area contributed by atoms with Gasteiger partial charge in [0.15, 0.2) is 0 Å². The van der Waals surface area contributed by atoms with Crippen LogP contribution < -0.4 is 5.73 Å². The lowest BCUT2D eigenvalue weighted by Crippen LogP contribution is -2.30. The first-order chi connectivity index (χ1) is 8.70. The van der Waals surface area contributed by atoms with E-state index in [1.807, 2.05) is 30.3 Å². The molecular weight excluding hydrogens is 248 g/mol. The normalized spacial score (nSPS) is 12.9. The van der Waals surface area contributed by atoms with Crippen LogP contribution in [0.3, 0.4) is 0 Å². The Labute approximate surface area is 112 Å². The van der Waals surface area contributed by atoms with Crippen LogP contribution in [-0.4, -0.2) is 18.5 Å². The lowest BCUT2D eigenvalue weighted by molar-refractivity contribution is 0.241. The fraction of sp³-hybridized carbons (Fsp3) is 0.286. The van der Waals surface area contributed by atoms with Crippen LogP contribution in [0.1, 0.15) is 17.2 Å². The lowest BCUT2D eigenvalue weighted by Gasteiger charge is -2.27. The Morgan fingerprint density at radius 2 is 2.00 bits per heavy atom. The van der Waals surface area contributed by atoms with E-state index in [1.54, 1.807) is 12.5 Å². The average Bonchev–Trinajstić information content (AvgIpc) is 2.85. The third kappa shape index (κ3) is 3.13. The SMILES string of the molecule is CN(Cc1ccoc1)C(CN)c1ccc(Cl)cc1. The number of hydrogen-bond acceptors (Lipinski definition) is 3. The summed E-state index contributed by atoms with van der Waals surface area (Å²) < 4.78 is 5.07. The summed E-state index contributed by atoms with van der Waals surface area (Å²) in [4.78, 5) is 2.20. The number of hydrogen-bond donors (Lipinski definition) is 1. The van der Waals surface area contributed by atoms with Crippen molar-refractivity contribution in [2.45, 2.75) is 12.6 Å². The molecule has 1 aromatic heterocycles. The van der Waals surface area contributed by atoms with Gasteiger partial charge in [-0.15, -0.1) is 0 Å². The molecule has 0 aliphatic heterocycles. The van der Waals surface area contributed by atoms with Gasteiger partial charge >= 0.3 is 0 Å². The Balaban J connectivity index is 2.10. The number of likely N-dealkylation sites (N-methyl/N-ethyl adjacent to an activating group) is 1. The van der Waals surface area contributed by atoms with Gasteiger partial charge in [-0.25, -0.2) is 0 Å². The minimum atomic E-state index is 0.178. The Hall–Kier alpha value is -1.29. The summed E-state index contributed by atoms with van der Waals surface area (Å²) >= 11 is 5.90. The molecule has 0 aliphatic rings. The minimum absolute atomic E-state index is 0.178. The van der Waals surface area contributed by atoms with Crippen LogP contribution in [0.5, 0.6) is 0 Å². The second kappa shape index (κ2) is 6.05. The van der Waals surface area contributed by atoms with Gasteiger partial charge in [-0.1, -0.05) is 23.7 Å². The molecule has 0 spiro atoms. The van der Waals surface area contributed by atoms with Gasteiger partial charge in [0.1, 0.15) is 0 Å². The Kier molecular flexibility index (Phi) is 4.42. The van der Waals surface area contributed by atoms with Crippen LogP contribution in [0.15, 0.2) is 47.3 Å². The first-order valence-corrected chi connectivity index (χ1v) is 6.25. The van der Waals surface area contributed by atoms with Crippen molar-refractivity contribution in [3.05, 3.63) is 59.0 Å². The van der Waals surface area contributed by atoms with Crippen LogP contribution in [0.2, 0.25) is 5.02 Å². The fourth-order valence-corrected chi connectivity index (χ4v) is 2.16. The van der Waals surface area contributed by atoms with Gasteiger partial charge in [0.25, 0.3) is 0 Å². The summed E-state index contributed by atoms with van der Waals surface area (Å²) in [5, 5.41) is 0.743. The largest absolute Gasteiger partial charge is 0.472 e. The van der Waals surface area contributed by atoms with E-state index in [-0.39, 0.29) is 6.04 Å². The van der Waals surface area contributed by atoms with Gasteiger partial charge in [0, 0.05) is 29.7 Å². The van der Waals surface area contributed by atoms with Crippen LogP contribution >= 0.6 is 11.6 Å². The van der Waals surface area contributed by atoms with E-state index in [2.05, 4.69) is 11.9 Å². The van der Waals surface area contributed by atoms with Crippen LogP contribution in [0.4, 0.5) is 0 Å². The summed E-state index contributed by atoms with van der Waals surface area (Å²) in [6.45, 7) is 1.37. The standard InChI is InChI=1S/C14H17ClN2O/c1-17(9-11-6-7-18-10-11)14(8-16)12-2-4-13(15)5-3-12/h2-7,10,14H,8-9,16H2,1H3. The van der Waals surface area contributed by atoms with Crippen LogP contribution in [0.25, 0.3) is 0 Å². The quantitative estimate of drug-likeness (QED) is 0.903. The first kappa shape index (κ1) is 13.1. The van der Waals surface area contributed by atoms with E-state index in [1.165, 1.54) is 5.56 Å². The molecular formula is C14H17ClN2O. The molecule has 96 valence electrons. The van der Waals surface area contributed by atoms with Gasteiger partial charge in [0.05, 0.1) is 12.5 Å². The van der Waals surface area contributed by atoms with Gasteiger partial charge in [-0.05, 0) is 30.8 Å². The highest BCUT2D eigenvalue weighted by atomic mass is 35.5. The highest BCUT2D eigenvalue weighted by molar-refractivity contribution is 6.30. The van der Waals surface area contributed by atoms with E-state index in [0.29, 0.717) is 6.54 Å². The molecule has 0 radical (unpaired) electrons. The number of rotatable bonds is 5. The maximum Gasteiger partial charge on any atom is 0.0947 e. The lowest BCUT2D eigenvalue weighted by atomic mass is 10.1. The summed E-state index contributed by atoms with van der Waals surface area (Å²) in [6, 6.07) is 9.97. The molecule has 0 fully saturated rings. The second-order valence-electron chi connectivity index (χ2n) is 4.35. The van der Waals surface area contributed by atoms with E-state index in [9.17, 15) is 0 Å². The molecule has 0 saturated carbocycles. The van der Waals surface area contributed by atoms with Crippen LogP contribution in [0, 0.1) is 0 Å². The van der Waals surface area contributed by atoms with Crippen molar-refractivity contribution in [1.82, 2.24) is 4.90 Å². The highest BCUT2D eigenvalue weighted by Gasteiger charge is 2.15. The maximum absolute atomic E-state index is 5.90. The predicted octanol–water partition coefficient (Wildman–Crippen LogP) is 3.06. The third-order valence-corrected chi connectivity index (χ3v) is 3.27. The molecule has 1 aromatic carbocycles. The molecule has 1 atom stereocenters. The number of nitrogens with two attached hydrogens (primary N) is 1. The Morgan fingerprint density at radius 1 is 1.28 bits per heavy atom. The van der Waals surface area contributed by atoms with Crippen molar-refractivity contribution in [3.63, 3.8) is 0 Å². The summed E-state index contributed by atoms with van der Waals surface area (Å²) in [6.07, 6.45) is 3.44. The molecule has 0 amide bonds. The number of halogens is 1. The smallest absolute Gasteiger partial charge is 0.0947 e. The molecule has 18 heavy (non-hydrogen) atoms. The molecule has 2 rings (SSSR count). The summed E-state index contributed by atoms with van der Waals surface area (Å²) in [7, 11) is 2.05. The summed E-state index contributed by atoms with van der Waals surface area (Å²) in [5.74, 6) is 0. The van der Waals surface area contributed by atoms with Gasteiger partial charge in [0.2, 0.25) is 0 Å². The van der Waals surface area contributed by atoms with Crippen molar-refractivity contribution in [2.75, 3.05) is 13.6 Å². The zero-order valence-electron chi connectivity index (χ0n) is 10.3. The van der Waals surface area contributed by atoms with Crippen LogP contribution in [-0.2, 0) is 6.54 Å². The Morgan fingerprint density at radius 3 is 2.56 bits per heavy atom. The Bertz CT molecular complexity index is 467. The third-order valence-electron chi connectivity index (χ3n) is 3.02. The van der Waals surface area contributed by atoms with Crippen molar-refractivity contribution < 1.29 is 4.42 Å². The van der Waals surface area contributed by atoms with Gasteiger partial charge in [-0.3, -0.25) is 4.90 Å². The monoisotopic (exact) mass is 264 g/mol. The van der Waals surface area contributed by atoms with E-state index < -0.39 is 0 Å². The van der Waals surface area contributed by atoms with Gasteiger partial charge in [-0.2, -0.15) is 0 Å². The van der Waals surface area contributed by atoms with Gasteiger partial charge < -0.3 is 10.2 Å². The maximum atomic E-state index is 5.90. The molecule has 1 heterocycles. The van der Waals surface area contributed by atoms with Crippen molar-refractivity contribution in [2.24, 2.45) is 5.73 Å².